The van der Waals surface area contributed by atoms with E-state index in [2.05, 4.69) is 21.2 Å². The predicted molar refractivity (Wildman–Crippen MR) is 58.7 cm³/mol. The van der Waals surface area contributed by atoms with Gasteiger partial charge in [0.05, 0.1) is 4.47 Å². The zero-order valence-electron chi connectivity index (χ0n) is 8.19. The summed E-state index contributed by atoms with van der Waals surface area (Å²) in [5.41, 5.74) is 0.170. The highest BCUT2D eigenvalue weighted by Gasteiger charge is 2.23. The van der Waals surface area contributed by atoms with Crippen LogP contribution in [0.15, 0.2) is 16.6 Å². The van der Waals surface area contributed by atoms with Gasteiger partial charge in [0.15, 0.2) is 0 Å². The SMILES string of the molecule is Fc1ccc(Br)c(F)c1[C@H]1CCCCN1. The van der Waals surface area contributed by atoms with E-state index >= 15 is 0 Å². The quantitative estimate of drug-likeness (QED) is 0.773. The average Bonchev–Trinajstić information content (AvgIpc) is 2.26. The third-order valence-corrected chi connectivity index (χ3v) is 3.35. The van der Waals surface area contributed by atoms with Crippen molar-refractivity contribution in [1.82, 2.24) is 5.32 Å². The van der Waals surface area contributed by atoms with Crippen LogP contribution >= 0.6 is 15.9 Å². The second kappa shape index (κ2) is 4.58. The summed E-state index contributed by atoms with van der Waals surface area (Å²) in [6.45, 7) is 0.829. The summed E-state index contributed by atoms with van der Waals surface area (Å²) in [6.07, 6.45) is 2.89. The molecule has 1 N–H and O–H groups in total. The van der Waals surface area contributed by atoms with Crippen molar-refractivity contribution >= 4 is 15.9 Å². The van der Waals surface area contributed by atoms with Gasteiger partial charge in [-0.2, -0.15) is 0 Å². The molecule has 4 heteroatoms. The van der Waals surface area contributed by atoms with E-state index in [1.807, 2.05) is 0 Å². The van der Waals surface area contributed by atoms with E-state index in [1.54, 1.807) is 0 Å². The number of benzene rings is 1. The lowest BCUT2D eigenvalue weighted by molar-refractivity contribution is 0.384. The first-order valence-corrected chi connectivity index (χ1v) is 5.86. The Morgan fingerprint density at radius 2 is 2.07 bits per heavy atom. The summed E-state index contributed by atoms with van der Waals surface area (Å²) >= 11 is 3.08. The van der Waals surface area contributed by atoms with Gasteiger partial charge in [-0.05, 0) is 47.4 Å². The van der Waals surface area contributed by atoms with Crippen molar-refractivity contribution in [1.29, 1.82) is 0 Å². The Kier molecular flexibility index (Phi) is 3.36. The number of rotatable bonds is 1. The molecule has 1 aromatic carbocycles. The molecule has 0 aliphatic carbocycles. The Hall–Kier alpha value is -0.480. The van der Waals surface area contributed by atoms with Crippen molar-refractivity contribution in [3.8, 4) is 0 Å². The molecule has 0 spiro atoms. The molecule has 2 rings (SSSR count). The summed E-state index contributed by atoms with van der Waals surface area (Å²) in [5, 5.41) is 3.14. The van der Waals surface area contributed by atoms with Gasteiger partial charge in [0.25, 0.3) is 0 Å². The molecule has 1 heterocycles. The van der Waals surface area contributed by atoms with Crippen LogP contribution in [-0.2, 0) is 0 Å². The summed E-state index contributed by atoms with van der Waals surface area (Å²) in [6, 6.07) is 2.52. The predicted octanol–water partition coefficient (Wildman–Crippen LogP) is 3.54. The number of piperidine rings is 1. The standard InChI is InChI=1S/C11H12BrF2N/c12-7-4-5-8(13)10(11(7)14)9-3-1-2-6-15-9/h4-5,9,15H,1-3,6H2/t9-/m1/s1. The molecular formula is C11H12BrF2N. The van der Waals surface area contributed by atoms with Gasteiger partial charge in [0, 0.05) is 11.6 Å². The Balaban J connectivity index is 2.36. The molecule has 1 atom stereocenters. The second-order valence-corrected chi connectivity index (χ2v) is 4.61. The highest BCUT2D eigenvalue weighted by atomic mass is 79.9. The first-order valence-electron chi connectivity index (χ1n) is 5.07. The van der Waals surface area contributed by atoms with E-state index in [1.165, 1.54) is 12.1 Å². The van der Waals surface area contributed by atoms with E-state index in [0.717, 1.165) is 25.8 Å². The lowest BCUT2D eigenvalue weighted by atomic mass is 9.97. The summed E-state index contributed by atoms with van der Waals surface area (Å²) < 4.78 is 27.6. The van der Waals surface area contributed by atoms with E-state index in [4.69, 9.17) is 0 Å². The van der Waals surface area contributed by atoms with Gasteiger partial charge < -0.3 is 5.32 Å². The van der Waals surface area contributed by atoms with Crippen LogP contribution in [0.1, 0.15) is 30.9 Å². The van der Waals surface area contributed by atoms with E-state index in [-0.39, 0.29) is 11.6 Å². The van der Waals surface area contributed by atoms with Crippen LogP contribution in [-0.4, -0.2) is 6.54 Å². The van der Waals surface area contributed by atoms with Gasteiger partial charge in [0.1, 0.15) is 11.6 Å². The molecule has 1 aliphatic heterocycles. The van der Waals surface area contributed by atoms with Crippen LogP contribution < -0.4 is 5.32 Å². The normalized spacial score (nSPS) is 21.7. The molecule has 1 saturated heterocycles. The molecule has 15 heavy (non-hydrogen) atoms. The van der Waals surface area contributed by atoms with Crippen LogP contribution in [0.4, 0.5) is 8.78 Å². The molecule has 0 bridgehead atoms. The minimum absolute atomic E-state index is 0.170. The molecule has 1 fully saturated rings. The fourth-order valence-corrected chi connectivity index (χ4v) is 2.31. The third kappa shape index (κ3) is 2.21. The maximum Gasteiger partial charge on any atom is 0.145 e. The highest BCUT2D eigenvalue weighted by molar-refractivity contribution is 9.10. The molecule has 1 aliphatic rings. The minimum Gasteiger partial charge on any atom is -0.310 e. The number of hydrogen-bond acceptors (Lipinski definition) is 1. The van der Waals surface area contributed by atoms with Crippen molar-refractivity contribution < 1.29 is 8.78 Å². The van der Waals surface area contributed by atoms with Gasteiger partial charge >= 0.3 is 0 Å². The highest BCUT2D eigenvalue weighted by Crippen LogP contribution is 2.30. The van der Waals surface area contributed by atoms with Crippen molar-refractivity contribution in [3.05, 3.63) is 33.8 Å². The van der Waals surface area contributed by atoms with Crippen molar-refractivity contribution in [2.24, 2.45) is 0 Å². The van der Waals surface area contributed by atoms with E-state index < -0.39 is 11.6 Å². The van der Waals surface area contributed by atoms with Crippen LogP contribution in [0.2, 0.25) is 0 Å². The molecule has 82 valence electrons. The molecule has 0 unspecified atom stereocenters. The second-order valence-electron chi connectivity index (χ2n) is 3.76. The van der Waals surface area contributed by atoms with Crippen molar-refractivity contribution in [2.45, 2.75) is 25.3 Å². The Morgan fingerprint density at radius 3 is 2.73 bits per heavy atom. The largest absolute Gasteiger partial charge is 0.310 e. The topological polar surface area (TPSA) is 12.0 Å². The van der Waals surface area contributed by atoms with Crippen LogP contribution in [0.25, 0.3) is 0 Å². The molecule has 1 nitrogen and oxygen atoms in total. The summed E-state index contributed by atoms with van der Waals surface area (Å²) in [7, 11) is 0. The lowest BCUT2D eigenvalue weighted by Crippen LogP contribution is -2.28. The van der Waals surface area contributed by atoms with Gasteiger partial charge in [0.2, 0.25) is 0 Å². The smallest absolute Gasteiger partial charge is 0.145 e. The maximum absolute atomic E-state index is 13.7. The maximum atomic E-state index is 13.7. The van der Waals surface area contributed by atoms with Gasteiger partial charge in [-0.3, -0.25) is 0 Å². The van der Waals surface area contributed by atoms with Crippen molar-refractivity contribution in [2.75, 3.05) is 6.54 Å². The fraction of sp³-hybridized carbons (Fsp3) is 0.455. The first-order chi connectivity index (χ1) is 7.20. The van der Waals surface area contributed by atoms with Gasteiger partial charge in [-0.1, -0.05) is 6.42 Å². The fourth-order valence-electron chi connectivity index (χ4n) is 1.96. The van der Waals surface area contributed by atoms with Gasteiger partial charge in [-0.25, -0.2) is 8.78 Å². The van der Waals surface area contributed by atoms with Crippen LogP contribution in [0, 0.1) is 11.6 Å². The molecule has 0 radical (unpaired) electrons. The van der Waals surface area contributed by atoms with Crippen LogP contribution in [0.3, 0.4) is 0 Å². The molecule has 0 aromatic heterocycles. The molecule has 1 aromatic rings. The first kappa shape index (κ1) is 11.0. The Morgan fingerprint density at radius 1 is 1.27 bits per heavy atom. The Bertz CT molecular complexity index is 362. The number of nitrogens with one attached hydrogen (secondary N) is 1. The van der Waals surface area contributed by atoms with Crippen LogP contribution in [0.5, 0.6) is 0 Å². The zero-order valence-corrected chi connectivity index (χ0v) is 9.78. The minimum atomic E-state index is -0.477. The Labute approximate surface area is 96.0 Å². The monoisotopic (exact) mass is 275 g/mol. The molecular weight excluding hydrogens is 264 g/mol. The zero-order chi connectivity index (χ0) is 10.8. The number of hydrogen-bond donors (Lipinski definition) is 1. The third-order valence-electron chi connectivity index (χ3n) is 2.74. The average molecular weight is 276 g/mol. The van der Waals surface area contributed by atoms with Gasteiger partial charge in [-0.15, -0.1) is 0 Å². The van der Waals surface area contributed by atoms with E-state index in [0.29, 0.717) is 4.47 Å². The number of halogens is 3. The molecule has 0 saturated carbocycles. The summed E-state index contributed by atoms with van der Waals surface area (Å²) in [4.78, 5) is 0. The van der Waals surface area contributed by atoms with E-state index in [9.17, 15) is 8.78 Å². The van der Waals surface area contributed by atoms with Crippen molar-refractivity contribution in [3.63, 3.8) is 0 Å². The summed E-state index contributed by atoms with van der Waals surface area (Å²) in [5.74, 6) is -0.940. The molecule has 0 amide bonds. The lowest BCUT2D eigenvalue weighted by Gasteiger charge is -2.24.